The van der Waals surface area contributed by atoms with Crippen LogP contribution >= 0.6 is 0 Å². The maximum Gasteiger partial charge on any atom is 0.297 e. The number of aromatic nitrogens is 2. The maximum atomic E-state index is 12.9. The van der Waals surface area contributed by atoms with Crippen molar-refractivity contribution in [1.82, 2.24) is 9.36 Å². The zero-order valence-electron chi connectivity index (χ0n) is 14.3. The van der Waals surface area contributed by atoms with Gasteiger partial charge in [0.05, 0.1) is 35.6 Å². The van der Waals surface area contributed by atoms with Crippen molar-refractivity contribution in [2.24, 2.45) is 17.8 Å². The highest BCUT2D eigenvalue weighted by Gasteiger charge is 2.19. The monoisotopic (exact) mass is 337 g/mol. The smallest absolute Gasteiger partial charge is 0.297 e. The molecule has 1 aliphatic carbocycles. The van der Waals surface area contributed by atoms with Gasteiger partial charge in [-0.25, -0.2) is 9.67 Å². The minimum atomic E-state index is -0.237. The van der Waals surface area contributed by atoms with E-state index in [0.29, 0.717) is 28.5 Å². The average Bonchev–Trinajstić information content (AvgIpc) is 2.81. The predicted molar refractivity (Wildman–Crippen MR) is 97.9 cm³/mol. The van der Waals surface area contributed by atoms with Gasteiger partial charge in [0.1, 0.15) is 5.76 Å². The van der Waals surface area contributed by atoms with Gasteiger partial charge in [0.25, 0.3) is 5.56 Å². The molecule has 7 heteroatoms. The summed E-state index contributed by atoms with van der Waals surface area (Å²) in [5.74, 6) is 0.352. The summed E-state index contributed by atoms with van der Waals surface area (Å²) in [6, 6.07) is 9.35. The van der Waals surface area contributed by atoms with E-state index in [2.05, 4.69) is 4.99 Å². The minimum Gasteiger partial charge on any atom is -0.494 e. The fourth-order valence-corrected chi connectivity index (χ4v) is 2.65. The Labute approximate surface area is 144 Å². The first-order chi connectivity index (χ1) is 11.9. The molecule has 0 atom stereocenters. The van der Waals surface area contributed by atoms with Gasteiger partial charge in [0.15, 0.2) is 5.69 Å². The summed E-state index contributed by atoms with van der Waals surface area (Å²) >= 11 is 0. The zero-order valence-corrected chi connectivity index (χ0v) is 14.3. The predicted octanol–water partition coefficient (Wildman–Crippen LogP) is 1.96. The average molecular weight is 337 g/mol. The van der Waals surface area contributed by atoms with Crippen LogP contribution in [0, 0.1) is 12.3 Å². The number of nitrogens with one attached hydrogen (secondary N) is 1. The van der Waals surface area contributed by atoms with Gasteiger partial charge in [-0.2, -0.15) is 0 Å². The van der Waals surface area contributed by atoms with E-state index >= 15 is 0 Å². The van der Waals surface area contributed by atoms with Crippen molar-refractivity contribution in [2.75, 3.05) is 7.11 Å². The Morgan fingerprint density at radius 1 is 1.20 bits per heavy atom. The van der Waals surface area contributed by atoms with Gasteiger partial charge in [0.2, 0.25) is 0 Å². The number of nitrogens with two attached hydrogens (primary N) is 1. The van der Waals surface area contributed by atoms with Crippen molar-refractivity contribution >= 4 is 17.1 Å². The molecule has 25 heavy (non-hydrogen) atoms. The Hall–Kier alpha value is -3.35. The number of aliphatic imine (C=N–C) groups is 1. The molecule has 0 saturated heterocycles. The van der Waals surface area contributed by atoms with Crippen LogP contribution in [0.25, 0.3) is 5.69 Å². The number of nitrogens with zero attached hydrogens (tertiary/aromatic N) is 3. The van der Waals surface area contributed by atoms with Crippen LogP contribution in [0.1, 0.15) is 5.69 Å². The Kier molecular flexibility index (Phi) is 4.14. The topological polar surface area (TPSA) is 98.4 Å². The summed E-state index contributed by atoms with van der Waals surface area (Å²) in [7, 11) is 3.28. The van der Waals surface area contributed by atoms with Crippen LogP contribution in [0.5, 0.6) is 0 Å². The molecule has 3 rings (SSSR count). The lowest BCUT2D eigenvalue weighted by atomic mass is 10.1. The van der Waals surface area contributed by atoms with Crippen molar-refractivity contribution in [2.45, 2.75) is 6.92 Å². The second kappa shape index (κ2) is 6.27. The second-order valence-electron chi connectivity index (χ2n) is 5.63. The molecule has 0 unspecified atom stereocenters. The fraction of sp³-hybridized carbons (Fsp3) is 0.167. The Morgan fingerprint density at radius 3 is 2.52 bits per heavy atom. The van der Waals surface area contributed by atoms with E-state index < -0.39 is 0 Å². The van der Waals surface area contributed by atoms with E-state index in [4.69, 9.17) is 15.9 Å². The van der Waals surface area contributed by atoms with E-state index in [1.165, 1.54) is 13.2 Å². The van der Waals surface area contributed by atoms with Crippen molar-refractivity contribution < 1.29 is 4.74 Å². The van der Waals surface area contributed by atoms with Crippen molar-refractivity contribution in [3.05, 3.63) is 70.0 Å². The fourth-order valence-electron chi connectivity index (χ4n) is 2.65. The van der Waals surface area contributed by atoms with Crippen molar-refractivity contribution in [1.29, 1.82) is 5.41 Å². The summed E-state index contributed by atoms with van der Waals surface area (Å²) < 4.78 is 8.45. The van der Waals surface area contributed by atoms with Crippen molar-refractivity contribution in [3.63, 3.8) is 0 Å². The van der Waals surface area contributed by atoms with Gasteiger partial charge < -0.3 is 10.5 Å². The number of hydrogen-bond acceptors (Lipinski definition) is 5. The van der Waals surface area contributed by atoms with Crippen LogP contribution in [-0.2, 0) is 11.8 Å². The number of methoxy groups -OCH3 is 1. The maximum absolute atomic E-state index is 12.9. The highest BCUT2D eigenvalue weighted by atomic mass is 16.5. The van der Waals surface area contributed by atoms with Crippen LogP contribution in [0.15, 0.2) is 63.7 Å². The first kappa shape index (κ1) is 16.5. The van der Waals surface area contributed by atoms with Gasteiger partial charge >= 0.3 is 0 Å². The summed E-state index contributed by atoms with van der Waals surface area (Å²) in [4.78, 5) is 17.3. The molecule has 0 aliphatic heterocycles. The number of allylic oxidation sites excluding steroid dienone is 2. The van der Waals surface area contributed by atoms with Gasteiger partial charge in [-0.05, 0) is 25.1 Å². The molecule has 0 fully saturated rings. The third kappa shape index (κ3) is 2.80. The molecule has 1 aromatic carbocycles. The lowest BCUT2D eigenvalue weighted by Crippen LogP contribution is -2.21. The Bertz CT molecular complexity index is 990. The third-order valence-electron chi connectivity index (χ3n) is 4.10. The zero-order chi connectivity index (χ0) is 18.1. The summed E-state index contributed by atoms with van der Waals surface area (Å²) in [6.07, 6.45) is 3.03. The Morgan fingerprint density at radius 2 is 1.88 bits per heavy atom. The van der Waals surface area contributed by atoms with E-state index in [-0.39, 0.29) is 11.3 Å². The van der Waals surface area contributed by atoms with Crippen LogP contribution in [0.3, 0.4) is 0 Å². The molecule has 0 amide bonds. The number of ether oxygens (including phenoxy) is 1. The lowest BCUT2D eigenvalue weighted by molar-refractivity contribution is 0.315. The van der Waals surface area contributed by atoms with Gasteiger partial charge in [0, 0.05) is 13.1 Å². The molecule has 0 radical (unpaired) electrons. The summed E-state index contributed by atoms with van der Waals surface area (Å²) in [5, 5.41) is 7.81. The second-order valence-corrected chi connectivity index (χ2v) is 5.63. The minimum absolute atomic E-state index is 0.172. The van der Waals surface area contributed by atoms with Gasteiger partial charge in [-0.3, -0.25) is 14.9 Å². The third-order valence-corrected chi connectivity index (χ3v) is 4.10. The molecule has 1 aliphatic rings. The molecule has 1 heterocycles. The molecular weight excluding hydrogens is 318 g/mol. The van der Waals surface area contributed by atoms with Gasteiger partial charge in [-0.1, -0.05) is 18.2 Å². The molecule has 0 saturated carbocycles. The number of benzene rings is 1. The summed E-state index contributed by atoms with van der Waals surface area (Å²) in [5.41, 5.74) is 8.39. The largest absolute Gasteiger partial charge is 0.494 e. The highest BCUT2D eigenvalue weighted by molar-refractivity contribution is 6.22. The van der Waals surface area contributed by atoms with E-state index in [1.807, 2.05) is 37.3 Å². The number of rotatable bonds is 3. The van der Waals surface area contributed by atoms with Crippen LogP contribution in [0.2, 0.25) is 0 Å². The first-order valence-electron chi connectivity index (χ1n) is 7.69. The van der Waals surface area contributed by atoms with E-state index in [9.17, 15) is 4.79 Å². The highest BCUT2D eigenvalue weighted by Crippen LogP contribution is 2.20. The van der Waals surface area contributed by atoms with Gasteiger partial charge in [-0.15, -0.1) is 0 Å². The summed E-state index contributed by atoms with van der Waals surface area (Å²) in [6.45, 7) is 1.83. The molecular formula is C18H19N5O2. The molecule has 2 aromatic rings. The lowest BCUT2D eigenvalue weighted by Gasteiger charge is -2.12. The van der Waals surface area contributed by atoms with Crippen LogP contribution < -0.4 is 11.3 Å². The van der Waals surface area contributed by atoms with Crippen LogP contribution in [0.4, 0.5) is 5.69 Å². The van der Waals surface area contributed by atoms with Crippen LogP contribution in [-0.4, -0.2) is 27.9 Å². The Balaban J connectivity index is 2.17. The van der Waals surface area contributed by atoms with E-state index in [0.717, 1.165) is 5.69 Å². The van der Waals surface area contributed by atoms with E-state index in [1.54, 1.807) is 22.5 Å². The molecule has 3 N–H and O–H groups in total. The molecule has 128 valence electrons. The van der Waals surface area contributed by atoms with Crippen molar-refractivity contribution in [3.8, 4) is 5.69 Å². The number of hydrogen-bond donors (Lipinski definition) is 2. The molecule has 7 nitrogen and oxygen atoms in total. The normalized spacial score (nSPS) is 16.0. The molecule has 1 aromatic heterocycles. The first-order valence-corrected chi connectivity index (χ1v) is 7.69. The number of para-hydroxylation sites is 1. The quantitative estimate of drug-likeness (QED) is 0.838. The molecule has 0 bridgehead atoms. The SMILES string of the molecule is COC1=CC(=Nc2c(C)n(C)n(-c3ccccc3)c2=O)C(N)=CC1=N. The molecule has 0 spiro atoms. The standard InChI is InChI=1S/C18H19N5O2/c1-11-17(21-15-10-16(25-3)14(20)9-13(15)19)18(24)23(22(11)2)12-7-5-4-6-8-12/h4-10,20H,19H2,1-3H3.